The van der Waals surface area contributed by atoms with Gasteiger partial charge in [0.25, 0.3) is 0 Å². The zero-order chi connectivity index (χ0) is 23.9. The number of sulfonamides is 1. The van der Waals surface area contributed by atoms with E-state index < -0.39 is 21.4 Å². The van der Waals surface area contributed by atoms with Crippen molar-refractivity contribution in [2.75, 3.05) is 16.6 Å². The minimum absolute atomic E-state index is 0.120. The minimum atomic E-state index is -3.46. The number of rotatable bonds is 4. The molecule has 2 saturated heterocycles. The summed E-state index contributed by atoms with van der Waals surface area (Å²) in [5.41, 5.74) is 4.94. The standard InChI is InChI=1S/C28H31FN2O2S/c1-21-7-3-4-12-27(21)24-9-5-8-23(17-24)20-30-15-13-28(19-22(30)2)14-16-34(32,33)31(28)26-11-6-10-25(29)18-26/h3-12,17-18,22H,13-16,19-20H2,1-2H3/t22-,28-/m0/s1. The summed E-state index contributed by atoms with van der Waals surface area (Å²) in [4.78, 5) is 2.44. The van der Waals surface area contributed by atoms with Gasteiger partial charge >= 0.3 is 0 Å². The summed E-state index contributed by atoms with van der Waals surface area (Å²) in [6.45, 7) is 5.94. The average molecular weight is 479 g/mol. The van der Waals surface area contributed by atoms with Gasteiger partial charge in [-0.25, -0.2) is 12.8 Å². The third-order valence-electron chi connectivity index (χ3n) is 7.51. The molecule has 1 spiro atoms. The van der Waals surface area contributed by atoms with Crippen molar-refractivity contribution < 1.29 is 12.8 Å². The fourth-order valence-corrected chi connectivity index (χ4v) is 7.91. The predicted octanol–water partition coefficient (Wildman–Crippen LogP) is 5.76. The third-order valence-corrected chi connectivity index (χ3v) is 9.38. The number of likely N-dealkylation sites (tertiary alicyclic amines) is 1. The molecule has 2 fully saturated rings. The molecule has 0 radical (unpaired) electrons. The molecule has 0 saturated carbocycles. The molecule has 0 N–H and O–H groups in total. The lowest BCUT2D eigenvalue weighted by Gasteiger charge is -2.47. The SMILES string of the molecule is Cc1ccccc1-c1cccc(CN2CC[C@]3(CCS(=O)(=O)N3c3cccc(F)c3)C[C@@H]2C)c1. The smallest absolute Gasteiger partial charge is 0.235 e. The Balaban J connectivity index is 1.36. The highest BCUT2D eigenvalue weighted by Gasteiger charge is 2.52. The van der Waals surface area contributed by atoms with E-state index in [4.69, 9.17) is 0 Å². The van der Waals surface area contributed by atoms with Crippen molar-refractivity contribution in [1.82, 2.24) is 4.90 Å². The van der Waals surface area contributed by atoms with Crippen molar-refractivity contribution in [3.63, 3.8) is 0 Å². The molecule has 0 amide bonds. The first-order valence-corrected chi connectivity index (χ1v) is 13.6. The quantitative estimate of drug-likeness (QED) is 0.478. The summed E-state index contributed by atoms with van der Waals surface area (Å²) in [6, 6.07) is 23.3. The lowest BCUT2D eigenvalue weighted by atomic mass is 9.81. The molecule has 3 aromatic rings. The summed E-state index contributed by atoms with van der Waals surface area (Å²) in [7, 11) is -3.46. The highest BCUT2D eigenvalue weighted by molar-refractivity contribution is 7.93. The maximum Gasteiger partial charge on any atom is 0.235 e. The Kier molecular flexibility index (Phi) is 5.98. The fraction of sp³-hybridized carbons (Fsp3) is 0.357. The zero-order valence-electron chi connectivity index (χ0n) is 19.7. The molecule has 0 aromatic heterocycles. The topological polar surface area (TPSA) is 40.6 Å². The van der Waals surface area contributed by atoms with E-state index in [1.165, 1.54) is 38.7 Å². The highest BCUT2D eigenvalue weighted by Crippen LogP contribution is 2.45. The van der Waals surface area contributed by atoms with Gasteiger partial charge in [-0.1, -0.05) is 48.5 Å². The maximum atomic E-state index is 14.0. The van der Waals surface area contributed by atoms with E-state index >= 15 is 0 Å². The van der Waals surface area contributed by atoms with Crippen LogP contribution >= 0.6 is 0 Å². The predicted molar refractivity (Wildman–Crippen MR) is 136 cm³/mol. The zero-order valence-corrected chi connectivity index (χ0v) is 20.6. The van der Waals surface area contributed by atoms with E-state index in [1.54, 1.807) is 12.1 Å². The molecule has 178 valence electrons. The van der Waals surface area contributed by atoms with E-state index in [1.807, 2.05) is 0 Å². The van der Waals surface area contributed by atoms with Crippen LogP contribution in [0.2, 0.25) is 0 Å². The van der Waals surface area contributed by atoms with Gasteiger partial charge < -0.3 is 0 Å². The molecule has 0 aliphatic carbocycles. The van der Waals surface area contributed by atoms with Crippen molar-refractivity contribution in [3.05, 3.63) is 89.7 Å². The van der Waals surface area contributed by atoms with Crippen LogP contribution in [0.25, 0.3) is 11.1 Å². The summed E-state index contributed by atoms with van der Waals surface area (Å²) in [6.07, 6.45) is 2.07. The van der Waals surface area contributed by atoms with Crippen molar-refractivity contribution in [2.45, 2.75) is 51.2 Å². The van der Waals surface area contributed by atoms with Crippen molar-refractivity contribution in [2.24, 2.45) is 0 Å². The lowest BCUT2D eigenvalue weighted by Crippen LogP contribution is -2.56. The van der Waals surface area contributed by atoms with Crippen LogP contribution in [0.3, 0.4) is 0 Å². The second kappa shape index (κ2) is 8.82. The molecule has 34 heavy (non-hydrogen) atoms. The monoisotopic (exact) mass is 478 g/mol. The summed E-state index contributed by atoms with van der Waals surface area (Å²) in [5, 5.41) is 0. The Hall–Kier alpha value is -2.70. The summed E-state index contributed by atoms with van der Waals surface area (Å²) < 4.78 is 41.5. The van der Waals surface area contributed by atoms with Crippen LogP contribution in [0, 0.1) is 12.7 Å². The molecule has 2 aliphatic heterocycles. The molecule has 0 unspecified atom stereocenters. The van der Waals surface area contributed by atoms with Gasteiger partial charge in [-0.3, -0.25) is 9.21 Å². The Morgan fingerprint density at radius 2 is 1.79 bits per heavy atom. The van der Waals surface area contributed by atoms with Crippen LogP contribution in [-0.4, -0.2) is 37.2 Å². The highest BCUT2D eigenvalue weighted by atomic mass is 32.2. The van der Waals surface area contributed by atoms with Crippen LogP contribution in [0.15, 0.2) is 72.8 Å². The second-order valence-corrected chi connectivity index (χ2v) is 11.8. The average Bonchev–Trinajstić information content (AvgIpc) is 3.06. The van der Waals surface area contributed by atoms with Gasteiger partial charge in [0.1, 0.15) is 5.82 Å². The molecule has 3 aromatic carbocycles. The van der Waals surface area contributed by atoms with Crippen LogP contribution in [0.5, 0.6) is 0 Å². The lowest BCUT2D eigenvalue weighted by molar-refractivity contribution is 0.102. The number of anilines is 1. The molecular weight excluding hydrogens is 447 g/mol. The molecule has 5 rings (SSSR count). The van der Waals surface area contributed by atoms with E-state index in [2.05, 4.69) is 67.3 Å². The van der Waals surface area contributed by atoms with Gasteiger partial charge in [0.15, 0.2) is 0 Å². The van der Waals surface area contributed by atoms with Gasteiger partial charge in [-0.15, -0.1) is 0 Å². The number of piperidine rings is 1. The molecular formula is C28H31FN2O2S. The van der Waals surface area contributed by atoms with Crippen LogP contribution < -0.4 is 4.31 Å². The number of hydrogen-bond acceptors (Lipinski definition) is 3. The molecule has 0 bridgehead atoms. The largest absolute Gasteiger partial charge is 0.296 e. The van der Waals surface area contributed by atoms with E-state index in [0.29, 0.717) is 12.1 Å². The summed E-state index contributed by atoms with van der Waals surface area (Å²) >= 11 is 0. The Morgan fingerprint density at radius 1 is 1.00 bits per heavy atom. The minimum Gasteiger partial charge on any atom is -0.296 e. The summed E-state index contributed by atoms with van der Waals surface area (Å²) in [5.74, 6) is -0.289. The van der Waals surface area contributed by atoms with Crippen LogP contribution in [0.1, 0.15) is 37.3 Å². The van der Waals surface area contributed by atoms with E-state index in [0.717, 1.165) is 25.9 Å². The van der Waals surface area contributed by atoms with Gasteiger partial charge in [0.05, 0.1) is 17.0 Å². The number of hydrogen-bond donors (Lipinski definition) is 0. The normalized spacial score (nSPS) is 24.6. The number of nitrogens with zero attached hydrogens (tertiary/aromatic N) is 2. The van der Waals surface area contributed by atoms with Gasteiger partial charge in [0, 0.05) is 19.1 Å². The molecule has 6 heteroatoms. The third kappa shape index (κ3) is 4.25. The van der Waals surface area contributed by atoms with Gasteiger partial charge in [-0.2, -0.15) is 0 Å². The second-order valence-electron chi connectivity index (χ2n) is 9.82. The molecule has 2 atom stereocenters. The first-order chi connectivity index (χ1) is 16.3. The Morgan fingerprint density at radius 3 is 2.56 bits per heavy atom. The number of aryl methyl sites for hydroxylation is 1. The fourth-order valence-electron chi connectivity index (χ4n) is 5.81. The van der Waals surface area contributed by atoms with Crippen molar-refractivity contribution in [1.29, 1.82) is 0 Å². The van der Waals surface area contributed by atoms with Gasteiger partial charge in [0.2, 0.25) is 10.0 Å². The van der Waals surface area contributed by atoms with E-state index in [9.17, 15) is 12.8 Å². The molecule has 4 nitrogen and oxygen atoms in total. The Labute approximate surface area is 202 Å². The van der Waals surface area contributed by atoms with Crippen molar-refractivity contribution in [3.8, 4) is 11.1 Å². The number of benzene rings is 3. The molecule has 2 heterocycles. The van der Waals surface area contributed by atoms with Crippen LogP contribution in [0.4, 0.5) is 10.1 Å². The van der Waals surface area contributed by atoms with E-state index in [-0.39, 0.29) is 11.8 Å². The maximum absolute atomic E-state index is 14.0. The van der Waals surface area contributed by atoms with Gasteiger partial charge in [-0.05, 0) is 79.6 Å². The van der Waals surface area contributed by atoms with Crippen LogP contribution in [-0.2, 0) is 16.6 Å². The molecule has 2 aliphatic rings. The Bertz CT molecular complexity index is 1310. The number of halogens is 1. The first kappa shape index (κ1) is 23.1. The first-order valence-electron chi connectivity index (χ1n) is 12.0. The van der Waals surface area contributed by atoms with Crippen molar-refractivity contribution >= 4 is 15.7 Å².